The number of aromatic nitrogens is 3. The van der Waals surface area contributed by atoms with Crippen molar-refractivity contribution in [3.63, 3.8) is 0 Å². The fourth-order valence-electron chi connectivity index (χ4n) is 1.80. The zero-order valence-corrected chi connectivity index (χ0v) is 11.9. The zero-order valence-electron chi connectivity index (χ0n) is 11.9. The predicted octanol–water partition coefficient (Wildman–Crippen LogP) is 1.11. The van der Waals surface area contributed by atoms with E-state index in [-0.39, 0.29) is 12.5 Å². The van der Waals surface area contributed by atoms with Crippen molar-refractivity contribution >= 4 is 11.7 Å². The van der Waals surface area contributed by atoms with Crippen LogP contribution in [0, 0.1) is 18.8 Å². The molecule has 6 nitrogen and oxygen atoms in total. The Morgan fingerprint density at radius 2 is 2.29 bits per heavy atom. The van der Waals surface area contributed by atoms with E-state index in [0.717, 1.165) is 11.3 Å². The summed E-state index contributed by atoms with van der Waals surface area (Å²) in [6.45, 7) is 1.86. The van der Waals surface area contributed by atoms with Gasteiger partial charge in [-0.2, -0.15) is 5.10 Å². The number of aliphatic hydroxyl groups is 1. The van der Waals surface area contributed by atoms with Gasteiger partial charge in [0.2, 0.25) is 0 Å². The maximum Gasteiger partial charge on any atom is 0.275 e. The fourth-order valence-corrected chi connectivity index (χ4v) is 1.80. The molecular weight excluding hydrogens is 268 g/mol. The van der Waals surface area contributed by atoms with Crippen molar-refractivity contribution in [1.82, 2.24) is 14.8 Å². The third-order valence-corrected chi connectivity index (χ3v) is 2.71. The van der Waals surface area contributed by atoms with Gasteiger partial charge in [0.05, 0.1) is 12.3 Å². The SMILES string of the molecule is Cc1cc(C(=O)Nc2cc(C#CCCO)ccn2)n(C)n1. The van der Waals surface area contributed by atoms with Gasteiger partial charge in [0.1, 0.15) is 11.5 Å². The topological polar surface area (TPSA) is 80.0 Å². The summed E-state index contributed by atoms with van der Waals surface area (Å²) >= 11 is 0. The van der Waals surface area contributed by atoms with Gasteiger partial charge in [-0.3, -0.25) is 9.48 Å². The number of hydrogen-bond acceptors (Lipinski definition) is 4. The minimum Gasteiger partial charge on any atom is -0.395 e. The first-order valence-electron chi connectivity index (χ1n) is 6.48. The lowest BCUT2D eigenvalue weighted by Crippen LogP contribution is -2.16. The number of nitrogens with zero attached hydrogens (tertiary/aromatic N) is 3. The summed E-state index contributed by atoms with van der Waals surface area (Å²) in [5.74, 6) is 5.87. The second-order valence-electron chi connectivity index (χ2n) is 4.45. The summed E-state index contributed by atoms with van der Waals surface area (Å²) in [5.41, 5.74) is 1.97. The Hall–Kier alpha value is -2.65. The summed E-state index contributed by atoms with van der Waals surface area (Å²) in [6, 6.07) is 5.14. The Morgan fingerprint density at radius 1 is 1.48 bits per heavy atom. The van der Waals surface area contributed by atoms with Crippen LogP contribution in [-0.2, 0) is 7.05 Å². The summed E-state index contributed by atoms with van der Waals surface area (Å²) in [7, 11) is 1.71. The van der Waals surface area contributed by atoms with Crippen molar-refractivity contribution < 1.29 is 9.90 Å². The molecule has 0 unspecified atom stereocenters. The third kappa shape index (κ3) is 3.91. The van der Waals surface area contributed by atoms with Gasteiger partial charge < -0.3 is 10.4 Å². The van der Waals surface area contributed by atoms with Crippen LogP contribution in [0.5, 0.6) is 0 Å². The molecule has 2 N–H and O–H groups in total. The molecule has 0 spiro atoms. The number of nitrogens with one attached hydrogen (secondary N) is 1. The number of aliphatic hydroxyl groups excluding tert-OH is 1. The van der Waals surface area contributed by atoms with Crippen molar-refractivity contribution in [2.75, 3.05) is 11.9 Å². The number of carbonyl (C=O) groups is 1. The number of hydrogen-bond donors (Lipinski definition) is 2. The Bertz CT molecular complexity index is 710. The van der Waals surface area contributed by atoms with E-state index in [1.54, 1.807) is 31.4 Å². The number of rotatable bonds is 3. The Balaban J connectivity index is 2.13. The van der Waals surface area contributed by atoms with Crippen LogP contribution in [0.25, 0.3) is 0 Å². The Labute approximate surface area is 122 Å². The number of amides is 1. The minimum absolute atomic E-state index is 0.0293. The van der Waals surface area contributed by atoms with Crippen LogP contribution >= 0.6 is 0 Å². The number of aryl methyl sites for hydroxylation is 2. The normalized spacial score (nSPS) is 9.86. The van der Waals surface area contributed by atoms with Crippen LogP contribution in [0.1, 0.15) is 28.2 Å². The molecule has 0 bridgehead atoms. The minimum atomic E-state index is -0.272. The molecule has 0 aliphatic heterocycles. The lowest BCUT2D eigenvalue weighted by molar-refractivity contribution is 0.101. The molecule has 108 valence electrons. The standard InChI is InChI=1S/C15H16N4O2/c1-11-9-13(19(2)18-11)15(21)17-14-10-12(6-7-16-14)5-3-4-8-20/h6-7,9-10,20H,4,8H2,1-2H3,(H,16,17,21). The van der Waals surface area contributed by atoms with E-state index in [9.17, 15) is 4.79 Å². The zero-order chi connectivity index (χ0) is 15.2. The number of pyridine rings is 1. The maximum absolute atomic E-state index is 12.1. The van der Waals surface area contributed by atoms with Gasteiger partial charge in [0.25, 0.3) is 5.91 Å². The van der Waals surface area contributed by atoms with E-state index in [0.29, 0.717) is 17.9 Å². The molecule has 6 heteroatoms. The summed E-state index contributed by atoms with van der Waals surface area (Å²) in [4.78, 5) is 16.2. The van der Waals surface area contributed by atoms with Gasteiger partial charge in [-0.05, 0) is 25.1 Å². The van der Waals surface area contributed by atoms with E-state index >= 15 is 0 Å². The highest BCUT2D eigenvalue weighted by Gasteiger charge is 2.12. The van der Waals surface area contributed by atoms with Crippen LogP contribution in [0.3, 0.4) is 0 Å². The second kappa shape index (κ2) is 6.68. The molecule has 0 aliphatic rings. The highest BCUT2D eigenvalue weighted by Crippen LogP contribution is 2.09. The van der Waals surface area contributed by atoms with Gasteiger partial charge in [0.15, 0.2) is 0 Å². The van der Waals surface area contributed by atoms with Crippen LogP contribution in [-0.4, -0.2) is 32.4 Å². The van der Waals surface area contributed by atoms with E-state index in [1.807, 2.05) is 6.92 Å². The summed E-state index contributed by atoms with van der Waals surface area (Å²) < 4.78 is 1.52. The Morgan fingerprint density at radius 3 is 2.95 bits per heavy atom. The molecule has 0 radical (unpaired) electrons. The van der Waals surface area contributed by atoms with E-state index in [4.69, 9.17) is 5.11 Å². The van der Waals surface area contributed by atoms with Crippen molar-refractivity contribution in [3.8, 4) is 11.8 Å². The highest BCUT2D eigenvalue weighted by molar-refractivity contribution is 6.02. The maximum atomic E-state index is 12.1. The molecule has 0 saturated heterocycles. The molecule has 0 aliphatic carbocycles. The molecule has 2 rings (SSSR count). The van der Waals surface area contributed by atoms with Gasteiger partial charge in [0, 0.05) is 25.2 Å². The first kappa shape index (κ1) is 14.8. The summed E-state index contributed by atoms with van der Waals surface area (Å²) in [5, 5.41) is 15.5. The summed E-state index contributed by atoms with van der Waals surface area (Å²) in [6.07, 6.45) is 1.99. The molecule has 2 heterocycles. The van der Waals surface area contributed by atoms with Crippen molar-refractivity contribution in [2.24, 2.45) is 7.05 Å². The van der Waals surface area contributed by atoms with Gasteiger partial charge in [-0.15, -0.1) is 0 Å². The molecule has 2 aromatic rings. The van der Waals surface area contributed by atoms with Crippen LogP contribution in [0.2, 0.25) is 0 Å². The molecule has 1 amide bonds. The van der Waals surface area contributed by atoms with Crippen LogP contribution in [0.4, 0.5) is 5.82 Å². The lowest BCUT2D eigenvalue weighted by Gasteiger charge is -2.04. The van der Waals surface area contributed by atoms with Crippen molar-refractivity contribution in [3.05, 3.63) is 41.3 Å². The highest BCUT2D eigenvalue weighted by atomic mass is 16.2. The molecule has 0 aromatic carbocycles. The van der Waals surface area contributed by atoms with E-state index in [1.165, 1.54) is 4.68 Å². The molecule has 0 saturated carbocycles. The van der Waals surface area contributed by atoms with Crippen LogP contribution in [0.15, 0.2) is 24.4 Å². The lowest BCUT2D eigenvalue weighted by atomic mass is 10.2. The molecular formula is C15H16N4O2. The van der Waals surface area contributed by atoms with Gasteiger partial charge in [-0.1, -0.05) is 11.8 Å². The van der Waals surface area contributed by atoms with E-state index in [2.05, 4.69) is 27.2 Å². The quantitative estimate of drug-likeness (QED) is 0.827. The van der Waals surface area contributed by atoms with Gasteiger partial charge >= 0.3 is 0 Å². The largest absolute Gasteiger partial charge is 0.395 e. The third-order valence-electron chi connectivity index (χ3n) is 2.71. The first-order valence-corrected chi connectivity index (χ1v) is 6.48. The van der Waals surface area contributed by atoms with Crippen LogP contribution < -0.4 is 5.32 Å². The molecule has 2 aromatic heterocycles. The smallest absolute Gasteiger partial charge is 0.275 e. The molecule has 0 fully saturated rings. The van der Waals surface area contributed by atoms with Gasteiger partial charge in [-0.25, -0.2) is 4.98 Å². The van der Waals surface area contributed by atoms with E-state index < -0.39 is 0 Å². The van der Waals surface area contributed by atoms with Crippen molar-refractivity contribution in [2.45, 2.75) is 13.3 Å². The average molecular weight is 284 g/mol. The van der Waals surface area contributed by atoms with Crippen molar-refractivity contribution in [1.29, 1.82) is 0 Å². The molecule has 0 atom stereocenters. The number of anilines is 1. The second-order valence-corrected chi connectivity index (χ2v) is 4.45. The molecule has 21 heavy (non-hydrogen) atoms. The predicted molar refractivity (Wildman–Crippen MR) is 78.7 cm³/mol. The Kier molecular flexibility index (Phi) is 4.69. The monoisotopic (exact) mass is 284 g/mol. The fraction of sp³-hybridized carbons (Fsp3) is 0.267. The first-order chi connectivity index (χ1) is 10.1. The average Bonchev–Trinajstić information content (AvgIpc) is 2.78. The number of carbonyl (C=O) groups excluding carboxylic acids is 1.